The zero-order valence-electron chi connectivity index (χ0n) is 10.7. The van der Waals surface area contributed by atoms with E-state index in [0.29, 0.717) is 5.54 Å². The number of nitrogens with zero attached hydrogens (tertiary/aromatic N) is 1. The molecule has 1 saturated carbocycles. The van der Waals surface area contributed by atoms with Crippen LogP contribution in [-0.4, -0.2) is 30.1 Å². The van der Waals surface area contributed by atoms with Gasteiger partial charge in [0.15, 0.2) is 0 Å². The topological polar surface area (TPSA) is 15.3 Å². The Hall–Kier alpha value is -1.02. The SMILES string of the molecule is c1ccc2c(c1)CC1(N2)C2CC3CC1CN(C3)C2. The van der Waals surface area contributed by atoms with E-state index in [0.717, 1.165) is 17.8 Å². The second kappa shape index (κ2) is 3.11. The summed E-state index contributed by atoms with van der Waals surface area (Å²) < 4.78 is 0. The molecule has 6 rings (SSSR count). The first-order chi connectivity index (χ1) is 8.83. The van der Waals surface area contributed by atoms with Gasteiger partial charge in [0.05, 0.1) is 0 Å². The molecule has 18 heavy (non-hydrogen) atoms. The first-order valence-electron chi connectivity index (χ1n) is 7.42. The summed E-state index contributed by atoms with van der Waals surface area (Å²) in [5.74, 6) is 2.77. The van der Waals surface area contributed by atoms with Gasteiger partial charge in [-0.2, -0.15) is 0 Å². The van der Waals surface area contributed by atoms with Gasteiger partial charge in [0, 0.05) is 30.9 Å². The molecule has 2 atom stereocenters. The maximum Gasteiger partial charge on any atom is 0.0495 e. The molecule has 2 unspecified atom stereocenters. The molecule has 0 amide bonds. The summed E-state index contributed by atoms with van der Waals surface area (Å²) in [6, 6.07) is 8.96. The molecule has 4 aliphatic heterocycles. The summed E-state index contributed by atoms with van der Waals surface area (Å²) in [6.07, 6.45) is 4.21. The molecule has 1 aromatic rings. The normalized spacial score (nSPS) is 47.3. The van der Waals surface area contributed by atoms with E-state index in [4.69, 9.17) is 0 Å². The summed E-state index contributed by atoms with van der Waals surface area (Å²) in [7, 11) is 0. The fourth-order valence-electron chi connectivity index (χ4n) is 5.39. The van der Waals surface area contributed by atoms with Crippen molar-refractivity contribution in [1.82, 2.24) is 4.90 Å². The van der Waals surface area contributed by atoms with Crippen molar-refractivity contribution in [2.75, 3.05) is 25.0 Å². The van der Waals surface area contributed by atoms with Crippen molar-refractivity contribution >= 4 is 5.69 Å². The minimum absolute atomic E-state index is 0.414. The smallest absolute Gasteiger partial charge is 0.0495 e. The van der Waals surface area contributed by atoms with Crippen molar-refractivity contribution < 1.29 is 0 Å². The minimum atomic E-state index is 0.414. The van der Waals surface area contributed by atoms with Crippen molar-refractivity contribution in [3.05, 3.63) is 29.8 Å². The average molecular weight is 240 g/mol. The van der Waals surface area contributed by atoms with Gasteiger partial charge in [0.1, 0.15) is 0 Å². The van der Waals surface area contributed by atoms with E-state index in [-0.39, 0.29) is 0 Å². The Morgan fingerprint density at radius 1 is 1.06 bits per heavy atom. The molecule has 4 heterocycles. The second-order valence-corrected chi connectivity index (χ2v) is 6.95. The highest BCUT2D eigenvalue weighted by Crippen LogP contribution is 2.54. The lowest BCUT2D eigenvalue weighted by atomic mass is 9.56. The Labute approximate surface area is 108 Å². The summed E-state index contributed by atoms with van der Waals surface area (Å²) in [5.41, 5.74) is 3.39. The fraction of sp³-hybridized carbons (Fsp3) is 0.625. The number of fused-ring (bicyclic) bond motifs is 1. The maximum atomic E-state index is 3.97. The number of hydrogen-bond donors (Lipinski definition) is 1. The summed E-state index contributed by atoms with van der Waals surface area (Å²) >= 11 is 0. The number of benzene rings is 1. The minimum Gasteiger partial charge on any atom is -0.378 e. The quantitative estimate of drug-likeness (QED) is 0.749. The van der Waals surface area contributed by atoms with E-state index in [1.165, 1.54) is 44.6 Å². The van der Waals surface area contributed by atoms with Gasteiger partial charge in [-0.1, -0.05) is 18.2 Å². The lowest BCUT2D eigenvalue weighted by Gasteiger charge is -2.61. The molecule has 2 heteroatoms. The molecule has 0 aromatic heterocycles. The number of nitrogens with one attached hydrogen (secondary N) is 1. The van der Waals surface area contributed by atoms with Gasteiger partial charge in [-0.15, -0.1) is 0 Å². The second-order valence-electron chi connectivity index (χ2n) is 6.95. The van der Waals surface area contributed by atoms with Crippen molar-refractivity contribution in [3.63, 3.8) is 0 Å². The van der Waals surface area contributed by atoms with Crippen LogP contribution in [0, 0.1) is 17.8 Å². The van der Waals surface area contributed by atoms with E-state index in [2.05, 4.69) is 34.5 Å². The predicted octanol–water partition coefficient (Wildman–Crippen LogP) is 2.37. The van der Waals surface area contributed by atoms with Gasteiger partial charge >= 0.3 is 0 Å². The van der Waals surface area contributed by atoms with Crippen LogP contribution in [0.3, 0.4) is 0 Å². The van der Waals surface area contributed by atoms with Crippen LogP contribution in [0.2, 0.25) is 0 Å². The van der Waals surface area contributed by atoms with Crippen LogP contribution in [0.4, 0.5) is 5.69 Å². The Balaban J connectivity index is 1.58. The van der Waals surface area contributed by atoms with E-state index in [9.17, 15) is 0 Å². The van der Waals surface area contributed by atoms with Crippen LogP contribution in [0.15, 0.2) is 24.3 Å². The largest absolute Gasteiger partial charge is 0.378 e. The van der Waals surface area contributed by atoms with Gasteiger partial charge in [0.25, 0.3) is 0 Å². The molecule has 1 aromatic carbocycles. The van der Waals surface area contributed by atoms with E-state index in [1.54, 1.807) is 5.56 Å². The predicted molar refractivity (Wildman–Crippen MR) is 72.6 cm³/mol. The van der Waals surface area contributed by atoms with Crippen molar-refractivity contribution in [2.45, 2.75) is 24.8 Å². The molecule has 4 fully saturated rings. The summed E-state index contributed by atoms with van der Waals surface area (Å²) in [6.45, 7) is 4.07. The highest BCUT2D eigenvalue weighted by molar-refractivity contribution is 5.60. The molecule has 1 spiro atoms. The summed E-state index contributed by atoms with van der Waals surface area (Å²) in [5, 5.41) is 3.97. The van der Waals surface area contributed by atoms with E-state index >= 15 is 0 Å². The Morgan fingerprint density at radius 3 is 2.56 bits per heavy atom. The third-order valence-electron chi connectivity index (χ3n) is 6.03. The molecule has 0 radical (unpaired) electrons. The highest BCUT2D eigenvalue weighted by atomic mass is 15.2. The Kier molecular flexibility index (Phi) is 1.70. The average Bonchev–Trinajstić information content (AvgIpc) is 2.75. The van der Waals surface area contributed by atoms with E-state index in [1.807, 2.05) is 0 Å². The molecule has 4 bridgehead atoms. The van der Waals surface area contributed by atoms with Gasteiger partial charge in [0.2, 0.25) is 0 Å². The van der Waals surface area contributed by atoms with Crippen LogP contribution in [0.1, 0.15) is 18.4 Å². The van der Waals surface area contributed by atoms with Crippen molar-refractivity contribution in [3.8, 4) is 0 Å². The monoisotopic (exact) mass is 240 g/mol. The zero-order valence-corrected chi connectivity index (χ0v) is 10.7. The molecular formula is C16H20N2. The third kappa shape index (κ3) is 1.08. The number of anilines is 1. The third-order valence-corrected chi connectivity index (χ3v) is 6.03. The molecular weight excluding hydrogens is 220 g/mol. The van der Waals surface area contributed by atoms with Gasteiger partial charge < -0.3 is 10.2 Å². The molecule has 94 valence electrons. The standard InChI is InChI=1S/C16H20N2/c1-2-4-15-12(3-1)7-16(17-15)13-5-11-6-14(16)10-18(8-11)9-13/h1-4,11,13-14,17H,5-10H2. The Bertz CT molecular complexity index is 453. The molecule has 5 aliphatic rings. The van der Waals surface area contributed by atoms with Gasteiger partial charge in [-0.25, -0.2) is 0 Å². The lowest BCUT2D eigenvalue weighted by Crippen LogP contribution is -2.68. The molecule has 2 nitrogen and oxygen atoms in total. The Morgan fingerprint density at radius 2 is 1.83 bits per heavy atom. The number of rotatable bonds is 0. The van der Waals surface area contributed by atoms with Crippen LogP contribution in [0.5, 0.6) is 0 Å². The van der Waals surface area contributed by atoms with Crippen molar-refractivity contribution in [1.29, 1.82) is 0 Å². The van der Waals surface area contributed by atoms with E-state index < -0.39 is 0 Å². The van der Waals surface area contributed by atoms with Crippen LogP contribution in [-0.2, 0) is 6.42 Å². The van der Waals surface area contributed by atoms with Crippen LogP contribution < -0.4 is 5.32 Å². The maximum absolute atomic E-state index is 3.97. The first kappa shape index (κ1) is 9.85. The number of hydrogen-bond acceptors (Lipinski definition) is 2. The highest BCUT2D eigenvalue weighted by Gasteiger charge is 2.58. The number of piperidine rings is 3. The number of para-hydroxylation sites is 1. The molecule has 3 saturated heterocycles. The van der Waals surface area contributed by atoms with Gasteiger partial charge in [-0.3, -0.25) is 0 Å². The molecule has 1 aliphatic carbocycles. The summed E-state index contributed by atoms with van der Waals surface area (Å²) in [4.78, 5) is 2.73. The van der Waals surface area contributed by atoms with Gasteiger partial charge in [-0.05, 0) is 48.6 Å². The van der Waals surface area contributed by atoms with Crippen LogP contribution >= 0.6 is 0 Å². The van der Waals surface area contributed by atoms with Crippen molar-refractivity contribution in [2.24, 2.45) is 17.8 Å². The molecule has 1 N–H and O–H groups in total. The zero-order chi connectivity index (χ0) is 11.7. The lowest BCUT2D eigenvalue weighted by molar-refractivity contribution is -0.0681. The first-order valence-corrected chi connectivity index (χ1v) is 7.42. The fourth-order valence-corrected chi connectivity index (χ4v) is 5.39. The van der Waals surface area contributed by atoms with Crippen LogP contribution in [0.25, 0.3) is 0 Å².